The van der Waals surface area contributed by atoms with Gasteiger partial charge in [-0.05, 0) is 0 Å². The lowest BCUT2D eigenvalue weighted by molar-refractivity contribution is -0.160. The predicted octanol–water partition coefficient (Wildman–Crippen LogP) is -2.16. The fraction of sp³-hybridized carbons (Fsp3) is 1.00. The number of aliphatic hydroxyl groups excluding tert-OH is 3. The molecule has 0 bridgehead atoms. The molecular formula is C8H14O6. The molecule has 0 unspecified atom stereocenters. The van der Waals surface area contributed by atoms with Crippen LogP contribution in [0, 0.1) is 0 Å². The van der Waals surface area contributed by atoms with Gasteiger partial charge in [-0.25, -0.2) is 0 Å². The van der Waals surface area contributed by atoms with E-state index in [9.17, 15) is 10.2 Å². The Balaban J connectivity index is 1.99. The lowest BCUT2D eigenvalue weighted by atomic mass is 10.1. The molecule has 2 fully saturated rings. The monoisotopic (exact) mass is 206 g/mol. The van der Waals surface area contributed by atoms with E-state index in [2.05, 4.69) is 0 Å². The maximum Gasteiger partial charge on any atom is 0.186 e. The number of ether oxygens (including phenoxy) is 3. The zero-order chi connectivity index (χ0) is 10.1. The van der Waals surface area contributed by atoms with Gasteiger partial charge < -0.3 is 29.5 Å². The molecule has 82 valence electrons. The van der Waals surface area contributed by atoms with Crippen molar-refractivity contribution in [3.8, 4) is 0 Å². The molecule has 6 nitrogen and oxygen atoms in total. The highest BCUT2D eigenvalue weighted by Gasteiger charge is 2.47. The van der Waals surface area contributed by atoms with E-state index in [1.165, 1.54) is 0 Å². The molecule has 2 aliphatic rings. The van der Waals surface area contributed by atoms with Crippen LogP contribution in [-0.4, -0.2) is 65.8 Å². The maximum atomic E-state index is 9.57. The fourth-order valence-electron chi connectivity index (χ4n) is 1.72. The first-order chi connectivity index (χ1) is 6.74. The quantitative estimate of drug-likeness (QED) is 0.477. The van der Waals surface area contributed by atoms with Crippen LogP contribution >= 0.6 is 0 Å². The van der Waals surface area contributed by atoms with Gasteiger partial charge in [-0.1, -0.05) is 0 Å². The van der Waals surface area contributed by atoms with Crippen LogP contribution in [0.1, 0.15) is 0 Å². The van der Waals surface area contributed by atoms with Gasteiger partial charge >= 0.3 is 0 Å². The van der Waals surface area contributed by atoms with Crippen LogP contribution in [0.4, 0.5) is 0 Å². The van der Waals surface area contributed by atoms with Gasteiger partial charge in [0.2, 0.25) is 0 Å². The summed E-state index contributed by atoms with van der Waals surface area (Å²) >= 11 is 0. The molecule has 2 rings (SSSR count). The molecule has 0 aliphatic carbocycles. The third kappa shape index (κ3) is 1.65. The van der Waals surface area contributed by atoms with Crippen LogP contribution in [0.25, 0.3) is 0 Å². The summed E-state index contributed by atoms with van der Waals surface area (Å²) in [5.74, 6) is 0. The minimum Gasteiger partial charge on any atom is -0.394 e. The van der Waals surface area contributed by atoms with Crippen molar-refractivity contribution in [3.63, 3.8) is 0 Å². The highest BCUT2D eigenvalue weighted by Crippen LogP contribution is 2.26. The van der Waals surface area contributed by atoms with Crippen LogP contribution < -0.4 is 0 Å². The fourth-order valence-corrected chi connectivity index (χ4v) is 1.72. The van der Waals surface area contributed by atoms with Gasteiger partial charge in [0.05, 0.1) is 19.8 Å². The van der Waals surface area contributed by atoms with Crippen molar-refractivity contribution < 1.29 is 29.5 Å². The Kier molecular flexibility index (Phi) is 3.01. The van der Waals surface area contributed by atoms with Crippen LogP contribution in [-0.2, 0) is 14.2 Å². The third-order valence-electron chi connectivity index (χ3n) is 2.50. The average molecular weight is 206 g/mol. The minimum absolute atomic E-state index is 0.332. The van der Waals surface area contributed by atoms with Crippen molar-refractivity contribution >= 4 is 0 Å². The lowest BCUT2D eigenvalue weighted by Crippen LogP contribution is -2.39. The minimum atomic E-state index is -1.09. The van der Waals surface area contributed by atoms with Crippen LogP contribution in [0.3, 0.4) is 0 Å². The van der Waals surface area contributed by atoms with E-state index < -0.39 is 30.7 Å². The van der Waals surface area contributed by atoms with Crippen LogP contribution in [0.2, 0.25) is 0 Å². The molecule has 3 N–H and O–H groups in total. The Morgan fingerprint density at radius 3 is 2.21 bits per heavy atom. The molecule has 0 amide bonds. The molecule has 2 saturated heterocycles. The first kappa shape index (κ1) is 10.3. The molecule has 0 spiro atoms. The second-order valence-corrected chi connectivity index (χ2v) is 3.41. The second-order valence-electron chi connectivity index (χ2n) is 3.41. The molecule has 0 radical (unpaired) electrons. The number of hydrogen-bond acceptors (Lipinski definition) is 6. The summed E-state index contributed by atoms with van der Waals surface area (Å²) in [4.78, 5) is 0. The van der Waals surface area contributed by atoms with E-state index in [-0.39, 0.29) is 6.61 Å². The van der Waals surface area contributed by atoms with Gasteiger partial charge in [-0.2, -0.15) is 0 Å². The van der Waals surface area contributed by atoms with Crippen molar-refractivity contribution in [3.05, 3.63) is 0 Å². The Morgan fingerprint density at radius 2 is 1.71 bits per heavy atom. The van der Waals surface area contributed by atoms with Gasteiger partial charge in [0.1, 0.15) is 24.4 Å². The largest absolute Gasteiger partial charge is 0.394 e. The Morgan fingerprint density at radius 1 is 1.07 bits per heavy atom. The van der Waals surface area contributed by atoms with E-state index in [1.807, 2.05) is 0 Å². The lowest BCUT2D eigenvalue weighted by Gasteiger charge is -2.19. The Labute approximate surface area is 81.0 Å². The van der Waals surface area contributed by atoms with E-state index in [0.717, 1.165) is 0 Å². The van der Waals surface area contributed by atoms with Gasteiger partial charge in [-0.3, -0.25) is 0 Å². The summed E-state index contributed by atoms with van der Waals surface area (Å²) in [5, 5.41) is 27.9. The standard InChI is InChI=1S/C8H14O6/c9-3-4-5(10)6(11)7(14-4)8-12-1-2-13-8/h4-11H,1-3H2/t4-,5-,6-,7-/m1/s1. The number of aliphatic hydroxyl groups is 3. The van der Waals surface area contributed by atoms with Crippen molar-refractivity contribution in [1.29, 1.82) is 0 Å². The van der Waals surface area contributed by atoms with Gasteiger partial charge in [-0.15, -0.1) is 0 Å². The van der Waals surface area contributed by atoms with Crippen molar-refractivity contribution in [1.82, 2.24) is 0 Å². The van der Waals surface area contributed by atoms with Gasteiger partial charge in [0.15, 0.2) is 6.29 Å². The molecule has 6 heteroatoms. The molecule has 2 aliphatic heterocycles. The first-order valence-electron chi connectivity index (χ1n) is 4.59. The van der Waals surface area contributed by atoms with Gasteiger partial charge in [0, 0.05) is 0 Å². The Bertz CT molecular complexity index is 192. The molecule has 0 saturated carbocycles. The summed E-state index contributed by atoms with van der Waals surface area (Å²) in [6, 6.07) is 0. The molecule has 14 heavy (non-hydrogen) atoms. The smallest absolute Gasteiger partial charge is 0.186 e. The van der Waals surface area contributed by atoms with E-state index in [4.69, 9.17) is 19.3 Å². The molecule has 0 aromatic heterocycles. The summed E-state index contributed by atoms with van der Waals surface area (Å²) in [5.41, 5.74) is 0. The molecular weight excluding hydrogens is 192 g/mol. The zero-order valence-corrected chi connectivity index (χ0v) is 7.57. The molecule has 0 aromatic rings. The topological polar surface area (TPSA) is 88.4 Å². The summed E-state index contributed by atoms with van der Waals surface area (Å²) in [6.07, 6.45) is -4.28. The van der Waals surface area contributed by atoms with Crippen molar-refractivity contribution in [2.45, 2.75) is 30.7 Å². The zero-order valence-electron chi connectivity index (χ0n) is 7.57. The second kappa shape index (κ2) is 4.09. The van der Waals surface area contributed by atoms with Crippen molar-refractivity contribution in [2.24, 2.45) is 0 Å². The normalized spacial score (nSPS) is 44.8. The van der Waals surface area contributed by atoms with E-state index in [0.29, 0.717) is 13.2 Å². The maximum absolute atomic E-state index is 9.57. The highest BCUT2D eigenvalue weighted by molar-refractivity contribution is 4.92. The average Bonchev–Trinajstić information content (AvgIpc) is 2.78. The SMILES string of the molecule is OC[C@H]1O[C@@H](C2OCCO2)[C@H](O)[C@@H]1O. The summed E-state index contributed by atoms with van der Waals surface area (Å²) in [7, 11) is 0. The predicted molar refractivity (Wildman–Crippen MR) is 43.5 cm³/mol. The van der Waals surface area contributed by atoms with Crippen molar-refractivity contribution in [2.75, 3.05) is 19.8 Å². The van der Waals surface area contributed by atoms with E-state index in [1.54, 1.807) is 0 Å². The van der Waals surface area contributed by atoms with Gasteiger partial charge in [0.25, 0.3) is 0 Å². The Hall–Kier alpha value is -0.240. The summed E-state index contributed by atoms with van der Waals surface area (Å²) in [6.45, 7) is 0.579. The van der Waals surface area contributed by atoms with E-state index >= 15 is 0 Å². The molecule has 0 aromatic carbocycles. The van der Waals surface area contributed by atoms with Crippen LogP contribution in [0.15, 0.2) is 0 Å². The number of rotatable bonds is 2. The van der Waals surface area contributed by atoms with Crippen LogP contribution in [0.5, 0.6) is 0 Å². The summed E-state index contributed by atoms with van der Waals surface area (Å²) < 4.78 is 15.5. The third-order valence-corrected chi connectivity index (χ3v) is 2.50. The molecule has 4 atom stereocenters. The number of hydrogen-bond donors (Lipinski definition) is 3. The first-order valence-corrected chi connectivity index (χ1v) is 4.59. The highest BCUT2D eigenvalue weighted by atomic mass is 16.7. The molecule has 2 heterocycles.